The van der Waals surface area contributed by atoms with Crippen LogP contribution in [0.2, 0.25) is 0 Å². The fourth-order valence-electron chi connectivity index (χ4n) is 2.82. The Bertz CT molecular complexity index is 573. The van der Waals surface area contributed by atoms with Crippen molar-refractivity contribution in [1.82, 2.24) is 4.57 Å². The molecule has 1 saturated carbocycles. The fourth-order valence-corrected chi connectivity index (χ4v) is 2.82. The van der Waals surface area contributed by atoms with Crippen LogP contribution in [-0.2, 0) is 6.54 Å². The van der Waals surface area contributed by atoms with Gasteiger partial charge >= 0.3 is 0 Å². The van der Waals surface area contributed by atoms with Gasteiger partial charge in [-0.05, 0) is 30.5 Å². The van der Waals surface area contributed by atoms with E-state index in [1.807, 2.05) is 10.6 Å². The minimum absolute atomic E-state index is 0.0149. The summed E-state index contributed by atoms with van der Waals surface area (Å²) >= 11 is 0. The molecular weight excluding hydrogens is 239 g/mol. The van der Waals surface area contributed by atoms with Gasteiger partial charge in [0, 0.05) is 31.0 Å². The van der Waals surface area contributed by atoms with E-state index in [4.69, 9.17) is 0 Å². The minimum atomic E-state index is -2.52. The third kappa shape index (κ3) is 2.00. The van der Waals surface area contributed by atoms with Gasteiger partial charge in [0.15, 0.2) is 0 Å². The Hall–Kier alpha value is -1.45. The Morgan fingerprint density at radius 1 is 1.28 bits per heavy atom. The van der Waals surface area contributed by atoms with Crippen molar-refractivity contribution in [3.05, 3.63) is 36.3 Å². The van der Waals surface area contributed by atoms with Crippen molar-refractivity contribution in [2.75, 3.05) is 0 Å². The number of hydrogen-bond donors (Lipinski definition) is 0. The molecule has 0 radical (unpaired) electrons. The summed E-state index contributed by atoms with van der Waals surface area (Å²) in [6.07, 6.45) is 2.25. The van der Waals surface area contributed by atoms with Crippen molar-refractivity contribution in [2.24, 2.45) is 5.92 Å². The van der Waals surface area contributed by atoms with Crippen molar-refractivity contribution in [3.63, 3.8) is 0 Å². The molecule has 1 aromatic carbocycles. The molecule has 2 aromatic rings. The van der Waals surface area contributed by atoms with E-state index < -0.39 is 5.92 Å². The van der Waals surface area contributed by atoms with E-state index in [0.29, 0.717) is 18.4 Å². The molecule has 1 heterocycles. The second-order valence-corrected chi connectivity index (χ2v) is 5.11. The predicted molar refractivity (Wildman–Crippen MR) is 64.2 cm³/mol. The first-order chi connectivity index (χ1) is 8.55. The molecule has 3 rings (SSSR count). The highest BCUT2D eigenvalue weighted by Crippen LogP contribution is 2.39. The van der Waals surface area contributed by atoms with Crippen molar-refractivity contribution in [2.45, 2.75) is 31.7 Å². The van der Waals surface area contributed by atoms with Gasteiger partial charge in [0.05, 0.1) is 5.52 Å². The molecular formula is C14H14F3N. The smallest absolute Gasteiger partial charge is 0.248 e. The van der Waals surface area contributed by atoms with Crippen LogP contribution in [0.1, 0.15) is 19.3 Å². The molecule has 0 amide bonds. The van der Waals surface area contributed by atoms with E-state index in [-0.39, 0.29) is 24.6 Å². The first-order valence-electron chi connectivity index (χ1n) is 6.16. The summed E-state index contributed by atoms with van der Waals surface area (Å²) < 4.78 is 41.6. The summed E-state index contributed by atoms with van der Waals surface area (Å²) in [4.78, 5) is 0. The average Bonchev–Trinajstić information content (AvgIpc) is 2.85. The van der Waals surface area contributed by atoms with Crippen LogP contribution in [0, 0.1) is 11.7 Å². The lowest BCUT2D eigenvalue weighted by Gasteiger charge is -2.12. The van der Waals surface area contributed by atoms with Crippen LogP contribution in [0.5, 0.6) is 0 Å². The molecule has 0 saturated heterocycles. The Labute approximate surface area is 103 Å². The number of hydrogen-bond acceptors (Lipinski definition) is 0. The van der Waals surface area contributed by atoms with E-state index in [2.05, 4.69) is 0 Å². The highest BCUT2D eigenvalue weighted by Gasteiger charge is 2.39. The molecule has 1 aliphatic carbocycles. The van der Waals surface area contributed by atoms with Crippen molar-refractivity contribution in [3.8, 4) is 0 Å². The average molecular weight is 253 g/mol. The molecule has 1 aromatic heterocycles. The number of halogens is 3. The van der Waals surface area contributed by atoms with Crippen LogP contribution in [0.15, 0.2) is 30.5 Å². The standard InChI is InChI=1S/C14H14F3N/c15-12-2-1-3-13-11(12)5-7-18(13)9-10-4-6-14(16,17)8-10/h1-3,5,7,10H,4,6,8-9H2. The van der Waals surface area contributed by atoms with E-state index in [9.17, 15) is 13.2 Å². The third-order valence-corrected chi connectivity index (χ3v) is 3.72. The number of aromatic nitrogens is 1. The monoisotopic (exact) mass is 253 g/mol. The molecule has 1 atom stereocenters. The zero-order valence-electron chi connectivity index (χ0n) is 9.87. The fraction of sp³-hybridized carbons (Fsp3) is 0.429. The maximum absolute atomic E-state index is 13.5. The second kappa shape index (κ2) is 4.04. The van der Waals surface area contributed by atoms with Crippen LogP contribution in [0.4, 0.5) is 13.2 Å². The predicted octanol–water partition coefficient (Wildman–Crippen LogP) is 4.22. The molecule has 1 unspecified atom stereocenters. The maximum Gasteiger partial charge on any atom is 0.248 e. The zero-order chi connectivity index (χ0) is 12.8. The summed E-state index contributed by atoms with van der Waals surface area (Å²) in [5.74, 6) is -2.79. The lowest BCUT2D eigenvalue weighted by Crippen LogP contribution is -2.12. The quantitative estimate of drug-likeness (QED) is 0.755. The SMILES string of the molecule is Fc1cccc2c1ccn2CC1CCC(F)(F)C1. The van der Waals surface area contributed by atoms with Gasteiger partial charge in [-0.3, -0.25) is 0 Å². The van der Waals surface area contributed by atoms with Gasteiger partial charge in [-0.25, -0.2) is 13.2 Å². The minimum Gasteiger partial charge on any atom is -0.347 e. The molecule has 1 nitrogen and oxygen atoms in total. The van der Waals surface area contributed by atoms with Crippen LogP contribution < -0.4 is 0 Å². The van der Waals surface area contributed by atoms with Gasteiger partial charge in [0.1, 0.15) is 5.82 Å². The van der Waals surface area contributed by atoms with Gasteiger partial charge in [0.2, 0.25) is 5.92 Å². The number of nitrogens with zero attached hydrogens (tertiary/aromatic N) is 1. The number of fused-ring (bicyclic) bond motifs is 1. The van der Waals surface area contributed by atoms with E-state index >= 15 is 0 Å². The van der Waals surface area contributed by atoms with E-state index in [0.717, 1.165) is 5.52 Å². The molecule has 0 N–H and O–H groups in total. The Kier molecular flexibility index (Phi) is 2.61. The van der Waals surface area contributed by atoms with Gasteiger partial charge in [-0.1, -0.05) is 6.07 Å². The number of alkyl halides is 2. The molecule has 0 aliphatic heterocycles. The van der Waals surface area contributed by atoms with Crippen LogP contribution in [-0.4, -0.2) is 10.5 Å². The summed E-state index contributed by atoms with van der Waals surface area (Å²) in [7, 11) is 0. The molecule has 1 aliphatic rings. The van der Waals surface area contributed by atoms with Crippen molar-refractivity contribution < 1.29 is 13.2 Å². The first-order valence-corrected chi connectivity index (χ1v) is 6.16. The highest BCUT2D eigenvalue weighted by molar-refractivity contribution is 5.80. The molecule has 96 valence electrons. The molecule has 1 fully saturated rings. The number of rotatable bonds is 2. The van der Waals surface area contributed by atoms with Gasteiger partial charge in [0.25, 0.3) is 0 Å². The number of benzene rings is 1. The third-order valence-electron chi connectivity index (χ3n) is 3.72. The van der Waals surface area contributed by atoms with Gasteiger partial charge < -0.3 is 4.57 Å². The Balaban J connectivity index is 1.86. The van der Waals surface area contributed by atoms with Crippen molar-refractivity contribution >= 4 is 10.9 Å². The van der Waals surface area contributed by atoms with Gasteiger partial charge in [-0.2, -0.15) is 0 Å². The van der Waals surface area contributed by atoms with Crippen molar-refractivity contribution in [1.29, 1.82) is 0 Å². The van der Waals surface area contributed by atoms with Crippen LogP contribution in [0.25, 0.3) is 10.9 Å². The Morgan fingerprint density at radius 3 is 2.83 bits per heavy atom. The lowest BCUT2D eigenvalue weighted by molar-refractivity contribution is 0.00441. The molecule has 4 heteroatoms. The van der Waals surface area contributed by atoms with Crippen LogP contribution in [0.3, 0.4) is 0 Å². The summed E-state index contributed by atoms with van der Waals surface area (Å²) in [5.41, 5.74) is 0.783. The molecule has 18 heavy (non-hydrogen) atoms. The summed E-state index contributed by atoms with van der Waals surface area (Å²) in [5, 5.41) is 0.558. The topological polar surface area (TPSA) is 4.93 Å². The Morgan fingerprint density at radius 2 is 2.11 bits per heavy atom. The maximum atomic E-state index is 13.5. The van der Waals surface area contributed by atoms with Crippen LogP contribution >= 0.6 is 0 Å². The largest absolute Gasteiger partial charge is 0.347 e. The summed E-state index contributed by atoms with van der Waals surface area (Å²) in [6, 6.07) is 6.59. The first kappa shape index (κ1) is 11.6. The molecule has 0 bridgehead atoms. The normalized spacial score (nSPS) is 22.7. The van der Waals surface area contributed by atoms with E-state index in [1.165, 1.54) is 6.07 Å². The highest BCUT2D eigenvalue weighted by atomic mass is 19.3. The van der Waals surface area contributed by atoms with Gasteiger partial charge in [-0.15, -0.1) is 0 Å². The zero-order valence-corrected chi connectivity index (χ0v) is 9.87. The van der Waals surface area contributed by atoms with E-state index in [1.54, 1.807) is 18.3 Å². The summed E-state index contributed by atoms with van der Waals surface area (Å²) in [6.45, 7) is 0.544. The lowest BCUT2D eigenvalue weighted by atomic mass is 10.1. The molecule has 0 spiro atoms. The second-order valence-electron chi connectivity index (χ2n) is 5.11.